The summed E-state index contributed by atoms with van der Waals surface area (Å²) in [5, 5.41) is 29.6. The number of carbonyl (C=O) groups excluding carboxylic acids is 3. The van der Waals surface area contributed by atoms with Crippen LogP contribution < -0.4 is 9.47 Å². The molecule has 0 radical (unpaired) electrons. The topological polar surface area (TPSA) is 130 Å². The van der Waals surface area contributed by atoms with Gasteiger partial charge in [-0.3, -0.25) is 14.4 Å². The molecule has 1 aliphatic carbocycles. The standard InChI is InChI=1S/C17H16O4.C15H10O4/c1-20-13-10-15(19)17(16(11-13)21-2)14(18)9-8-12-6-4-3-5-7-12;1-7-5-9-13(11(17)6-7)15(19)12-8(14(9)18)3-2-4-10(12)16/h3-11,19H,1-2H3;2-6,16-17H,1H3. The second kappa shape index (κ2) is 11.6. The highest BCUT2D eigenvalue weighted by molar-refractivity contribution is 6.30. The molecule has 202 valence electrons. The first kappa shape index (κ1) is 27.7. The Morgan fingerprint density at radius 3 is 2.10 bits per heavy atom. The number of rotatable bonds is 5. The number of fused-ring (bicyclic) bond motifs is 2. The Morgan fingerprint density at radius 2 is 1.43 bits per heavy atom. The zero-order valence-electron chi connectivity index (χ0n) is 22.0. The van der Waals surface area contributed by atoms with E-state index in [0.29, 0.717) is 11.3 Å². The molecule has 0 fully saturated rings. The number of carbonyl (C=O) groups is 3. The van der Waals surface area contributed by atoms with Gasteiger partial charge in [-0.1, -0.05) is 48.5 Å². The van der Waals surface area contributed by atoms with Gasteiger partial charge in [0.05, 0.1) is 25.3 Å². The molecule has 4 aromatic carbocycles. The van der Waals surface area contributed by atoms with Crippen LogP contribution >= 0.6 is 0 Å². The minimum absolute atomic E-state index is 0.0374. The van der Waals surface area contributed by atoms with Crippen molar-refractivity contribution in [1.29, 1.82) is 0 Å². The summed E-state index contributed by atoms with van der Waals surface area (Å²) in [4.78, 5) is 36.9. The molecular weight excluding hydrogens is 512 g/mol. The third-order valence-electron chi connectivity index (χ3n) is 6.23. The molecule has 0 unspecified atom stereocenters. The molecule has 1 aliphatic rings. The number of phenols is 3. The van der Waals surface area contributed by atoms with Crippen LogP contribution in [0.4, 0.5) is 0 Å². The van der Waals surface area contributed by atoms with Crippen LogP contribution in [0, 0.1) is 6.92 Å². The molecule has 0 bridgehead atoms. The SMILES string of the molecule is COc1cc(O)c(C(=O)C=Cc2ccccc2)c(OC)c1.Cc1cc(O)c2c(c1)C(=O)c1cccc(O)c1C2=O. The average Bonchev–Trinajstić information content (AvgIpc) is 2.94. The molecule has 3 N–H and O–H groups in total. The lowest BCUT2D eigenvalue weighted by molar-refractivity contribution is 0.0974. The minimum atomic E-state index is -0.528. The van der Waals surface area contributed by atoms with Crippen molar-refractivity contribution < 1.29 is 39.2 Å². The largest absolute Gasteiger partial charge is 0.507 e. The van der Waals surface area contributed by atoms with E-state index in [9.17, 15) is 29.7 Å². The lowest BCUT2D eigenvalue weighted by Crippen LogP contribution is -2.21. The summed E-state index contributed by atoms with van der Waals surface area (Å²) in [7, 11) is 2.91. The Labute approximate surface area is 230 Å². The van der Waals surface area contributed by atoms with Gasteiger partial charge >= 0.3 is 0 Å². The molecule has 40 heavy (non-hydrogen) atoms. The Balaban J connectivity index is 0.000000186. The number of hydrogen-bond donors (Lipinski definition) is 3. The second-order valence-electron chi connectivity index (χ2n) is 8.90. The number of aryl methyl sites for hydroxylation is 1. The van der Waals surface area contributed by atoms with E-state index >= 15 is 0 Å². The van der Waals surface area contributed by atoms with E-state index in [1.54, 1.807) is 25.1 Å². The van der Waals surface area contributed by atoms with Crippen LogP contribution in [0.1, 0.15) is 53.3 Å². The molecular formula is C32H26O8. The summed E-state index contributed by atoms with van der Waals surface area (Å²) in [6.07, 6.45) is 3.09. The van der Waals surface area contributed by atoms with Gasteiger partial charge in [-0.05, 0) is 42.3 Å². The monoisotopic (exact) mass is 538 g/mol. The molecule has 0 heterocycles. The molecule has 0 saturated carbocycles. The maximum atomic E-state index is 12.3. The van der Waals surface area contributed by atoms with Crippen LogP contribution in [0.25, 0.3) is 6.08 Å². The van der Waals surface area contributed by atoms with Crippen molar-refractivity contribution in [2.45, 2.75) is 6.92 Å². The Kier molecular flexibility index (Phi) is 8.00. The lowest BCUT2D eigenvalue weighted by Gasteiger charge is -2.19. The summed E-state index contributed by atoms with van der Waals surface area (Å²) in [5.74, 6) is -1.18. The number of phenolic OH excluding ortho intramolecular Hbond substituents is 3. The number of benzene rings is 4. The average molecular weight is 539 g/mol. The number of ketones is 3. The fourth-order valence-corrected chi connectivity index (χ4v) is 4.35. The van der Waals surface area contributed by atoms with Crippen molar-refractivity contribution in [3.8, 4) is 28.7 Å². The fourth-order valence-electron chi connectivity index (χ4n) is 4.35. The van der Waals surface area contributed by atoms with E-state index < -0.39 is 5.78 Å². The van der Waals surface area contributed by atoms with Gasteiger partial charge in [0.25, 0.3) is 0 Å². The first-order valence-electron chi connectivity index (χ1n) is 12.1. The minimum Gasteiger partial charge on any atom is -0.507 e. The maximum Gasteiger partial charge on any atom is 0.201 e. The van der Waals surface area contributed by atoms with Crippen molar-refractivity contribution in [2.24, 2.45) is 0 Å². The van der Waals surface area contributed by atoms with Gasteiger partial charge < -0.3 is 24.8 Å². The Hall–Kier alpha value is -5.37. The molecule has 0 atom stereocenters. The molecule has 5 rings (SSSR count). The summed E-state index contributed by atoms with van der Waals surface area (Å²) in [6, 6.07) is 19.7. The molecule has 0 aliphatic heterocycles. The maximum absolute atomic E-state index is 12.3. The van der Waals surface area contributed by atoms with Gasteiger partial charge in [-0.25, -0.2) is 0 Å². The first-order valence-corrected chi connectivity index (χ1v) is 12.1. The van der Waals surface area contributed by atoms with Crippen LogP contribution in [-0.2, 0) is 0 Å². The second-order valence-corrected chi connectivity index (χ2v) is 8.90. The molecule has 8 nitrogen and oxygen atoms in total. The number of hydrogen-bond acceptors (Lipinski definition) is 8. The van der Waals surface area contributed by atoms with E-state index in [4.69, 9.17) is 9.47 Å². The van der Waals surface area contributed by atoms with Crippen molar-refractivity contribution in [2.75, 3.05) is 14.2 Å². The van der Waals surface area contributed by atoms with E-state index in [0.717, 1.165) is 5.56 Å². The van der Waals surface area contributed by atoms with Crippen molar-refractivity contribution in [3.05, 3.63) is 118 Å². The Bertz CT molecular complexity index is 1650. The summed E-state index contributed by atoms with van der Waals surface area (Å²) in [5.41, 5.74) is 1.98. The molecule has 0 spiro atoms. The smallest absolute Gasteiger partial charge is 0.201 e. The first-order chi connectivity index (χ1) is 19.2. The fraction of sp³-hybridized carbons (Fsp3) is 0.0938. The van der Waals surface area contributed by atoms with Crippen LogP contribution in [0.2, 0.25) is 0 Å². The van der Waals surface area contributed by atoms with Gasteiger partial charge in [0.1, 0.15) is 34.3 Å². The van der Waals surface area contributed by atoms with Crippen molar-refractivity contribution in [3.63, 3.8) is 0 Å². The van der Waals surface area contributed by atoms with Gasteiger partial charge in [0.15, 0.2) is 11.6 Å². The quantitative estimate of drug-likeness (QED) is 0.198. The van der Waals surface area contributed by atoms with Crippen molar-refractivity contribution in [1.82, 2.24) is 0 Å². The third kappa shape index (κ3) is 5.42. The van der Waals surface area contributed by atoms with E-state index in [1.807, 2.05) is 30.3 Å². The van der Waals surface area contributed by atoms with Gasteiger partial charge in [0, 0.05) is 23.3 Å². The summed E-state index contributed by atoms with van der Waals surface area (Å²) in [6.45, 7) is 1.73. The van der Waals surface area contributed by atoms with Gasteiger partial charge in [0.2, 0.25) is 5.78 Å². The molecule has 0 aromatic heterocycles. The number of methoxy groups -OCH3 is 2. The van der Waals surface area contributed by atoms with E-state index in [1.165, 1.54) is 50.6 Å². The highest BCUT2D eigenvalue weighted by Gasteiger charge is 2.34. The van der Waals surface area contributed by atoms with Crippen LogP contribution in [-0.4, -0.2) is 46.9 Å². The zero-order chi connectivity index (χ0) is 29.0. The number of aromatic hydroxyl groups is 3. The normalized spacial score (nSPS) is 11.8. The molecule has 0 saturated heterocycles. The number of ether oxygens (including phenoxy) is 2. The molecule has 4 aromatic rings. The van der Waals surface area contributed by atoms with Crippen LogP contribution in [0.3, 0.4) is 0 Å². The van der Waals surface area contributed by atoms with Crippen LogP contribution in [0.15, 0.2) is 78.9 Å². The third-order valence-corrected chi connectivity index (χ3v) is 6.23. The zero-order valence-corrected chi connectivity index (χ0v) is 22.0. The summed E-state index contributed by atoms with van der Waals surface area (Å²) >= 11 is 0. The van der Waals surface area contributed by atoms with Crippen LogP contribution in [0.5, 0.6) is 28.7 Å². The number of allylic oxidation sites excluding steroid dienone is 1. The van der Waals surface area contributed by atoms with Gasteiger partial charge in [-0.15, -0.1) is 0 Å². The predicted molar refractivity (Wildman–Crippen MR) is 149 cm³/mol. The van der Waals surface area contributed by atoms with Crippen molar-refractivity contribution >= 4 is 23.4 Å². The molecule has 8 heteroatoms. The highest BCUT2D eigenvalue weighted by Crippen LogP contribution is 2.37. The summed E-state index contributed by atoms with van der Waals surface area (Å²) < 4.78 is 10.2. The highest BCUT2D eigenvalue weighted by atomic mass is 16.5. The molecule has 0 amide bonds. The van der Waals surface area contributed by atoms with E-state index in [-0.39, 0.29) is 62.4 Å². The lowest BCUT2D eigenvalue weighted by atomic mass is 9.82. The Morgan fingerprint density at radius 1 is 0.725 bits per heavy atom. The van der Waals surface area contributed by atoms with E-state index in [2.05, 4.69) is 0 Å². The predicted octanol–water partition coefficient (Wildman–Crippen LogP) is 5.49. The van der Waals surface area contributed by atoms with Gasteiger partial charge in [-0.2, -0.15) is 0 Å².